The zero-order chi connectivity index (χ0) is 22.5. The molecule has 6 nitrogen and oxygen atoms in total. The molecule has 8 heteroatoms. The Morgan fingerprint density at radius 3 is 2.56 bits per heavy atom. The molecule has 0 saturated carbocycles. The summed E-state index contributed by atoms with van der Waals surface area (Å²) in [5.74, 6) is 0.908. The molecule has 164 valence electrons. The number of nitriles is 1. The van der Waals surface area contributed by atoms with E-state index >= 15 is 0 Å². The second-order valence-corrected chi connectivity index (χ2v) is 8.71. The zero-order valence-electron chi connectivity index (χ0n) is 17.7. The van der Waals surface area contributed by atoms with Crippen LogP contribution in [0.3, 0.4) is 0 Å². The minimum atomic E-state index is 0.0512. The summed E-state index contributed by atoms with van der Waals surface area (Å²) >= 11 is 7.30. The Bertz CT molecular complexity index is 1150. The number of aliphatic hydroxyl groups is 1. The predicted molar refractivity (Wildman–Crippen MR) is 129 cm³/mol. The van der Waals surface area contributed by atoms with E-state index < -0.39 is 0 Å². The zero-order valence-corrected chi connectivity index (χ0v) is 19.2. The van der Waals surface area contributed by atoms with E-state index in [-0.39, 0.29) is 11.3 Å². The number of hydrogen-bond donors (Lipinski definition) is 1. The number of para-hydroxylation sites is 2. The van der Waals surface area contributed by atoms with E-state index in [4.69, 9.17) is 16.3 Å². The predicted octanol–water partition coefficient (Wildman–Crippen LogP) is 5.09. The van der Waals surface area contributed by atoms with Gasteiger partial charge >= 0.3 is 0 Å². The molecule has 0 amide bonds. The Morgan fingerprint density at radius 2 is 1.88 bits per heavy atom. The summed E-state index contributed by atoms with van der Waals surface area (Å²) in [5, 5.41) is 23.5. The Balaban J connectivity index is 1.43. The second kappa shape index (κ2) is 10.0. The fraction of sp³-hybridized carbons (Fsp3) is 0.250. The summed E-state index contributed by atoms with van der Waals surface area (Å²) in [4.78, 5) is 8.98. The third-order valence-electron chi connectivity index (χ3n) is 5.43. The largest absolute Gasteiger partial charge is 0.509 e. The number of thiazole rings is 1. The number of ether oxygens (including phenoxy) is 1. The monoisotopic (exact) mass is 466 g/mol. The van der Waals surface area contributed by atoms with Crippen LogP contribution in [0.25, 0.3) is 16.8 Å². The minimum Gasteiger partial charge on any atom is -0.509 e. The molecular weight excluding hydrogens is 444 g/mol. The molecule has 3 aromatic rings. The summed E-state index contributed by atoms with van der Waals surface area (Å²) in [7, 11) is 1.68. The van der Waals surface area contributed by atoms with Crippen LogP contribution >= 0.6 is 22.9 Å². The van der Waals surface area contributed by atoms with E-state index in [1.165, 1.54) is 11.3 Å². The van der Waals surface area contributed by atoms with Crippen LogP contribution < -0.4 is 9.64 Å². The summed E-state index contributed by atoms with van der Waals surface area (Å²) in [6.45, 7) is 3.49. The van der Waals surface area contributed by atoms with Crippen molar-refractivity contribution in [2.45, 2.75) is 0 Å². The van der Waals surface area contributed by atoms with Crippen LogP contribution in [0.1, 0.15) is 5.01 Å². The normalized spacial score (nSPS) is 15.2. The first-order valence-electron chi connectivity index (χ1n) is 10.2. The average Bonchev–Trinajstić information content (AvgIpc) is 3.30. The van der Waals surface area contributed by atoms with Crippen molar-refractivity contribution in [1.29, 1.82) is 5.26 Å². The molecule has 0 radical (unpaired) electrons. The van der Waals surface area contributed by atoms with Gasteiger partial charge in [-0.2, -0.15) is 5.26 Å². The minimum absolute atomic E-state index is 0.0512. The third kappa shape index (κ3) is 4.89. The third-order valence-corrected chi connectivity index (χ3v) is 6.54. The van der Waals surface area contributed by atoms with Gasteiger partial charge in [-0.05, 0) is 24.3 Å². The first-order chi connectivity index (χ1) is 15.6. The molecule has 1 aliphatic rings. The molecule has 0 bridgehead atoms. The van der Waals surface area contributed by atoms with Crippen molar-refractivity contribution in [1.82, 2.24) is 9.88 Å². The van der Waals surface area contributed by atoms with Gasteiger partial charge in [0.25, 0.3) is 0 Å². The summed E-state index contributed by atoms with van der Waals surface area (Å²) in [6.07, 6.45) is 0. The van der Waals surface area contributed by atoms with Gasteiger partial charge in [0.05, 0.1) is 25.0 Å². The Morgan fingerprint density at radius 1 is 1.16 bits per heavy atom. The highest BCUT2D eigenvalue weighted by Crippen LogP contribution is 2.30. The highest BCUT2D eigenvalue weighted by Gasteiger charge is 2.22. The van der Waals surface area contributed by atoms with Crippen molar-refractivity contribution < 1.29 is 9.84 Å². The van der Waals surface area contributed by atoms with Crippen molar-refractivity contribution in [2.75, 3.05) is 44.7 Å². The number of halogens is 1. The summed E-state index contributed by atoms with van der Waals surface area (Å²) in [6, 6.07) is 17.5. The van der Waals surface area contributed by atoms with Crippen LogP contribution in [0, 0.1) is 11.3 Å². The van der Waals surface area contributed by atoms with Gasteiger partial charge in [-0.15, -0.1) is 11.3 Å². The van der Waals surface area contributed by atoms with Gasteiger partial charge in [-0.1, -0.05) is 35.9 Å². The van der Waals surface area contributed by atoms with E-state index in [2.05, 4.69) is 26.9 Å². The van der Waals surface area contributed by atoms with Crippen molar-refractivity contribution in [3.05, 3.63) is 69.7 Å². The number of nitrogens with zero attached hydrogens (tertiary/aromatic N) is 4. The number of hydrogen-bond acceptors (Lipinski definition) is 7. The average molecular weight is 467 g/mol. The molecular formula is C24H23ClN4O2S. The molecule has 0 atom stereocenters. The van der Waals surface area contributed by atoms with E-state index in [0.29, 0.717) is 16.6 Å². The van der Waals surface area contributed by atoms with Gasteiger partial charge in [0.2, 0.25) is 0 Å². The molecule has 1 N–H and O–H groups in total. The van der Waals surface area contributed by atoms with E-state index in [0.717, 1.165) is 48.9 Å². The molecule has 2 heterocycles. The van der Waals surface area contributed by atoms with Crippen molar-refractivity contribution in [3.8, 4) is 23.1 Å². The Hall–Kier alpha value is -3.05. The van der Waals surface area contributed by atoms with E-state index in [1.807, 2.05) is 35.7 Å². The number of aromatic nitrogens is 1. The highest BCUT2D eigenvalue weighted by atomic mass is 35.5. The molecule has 0 unspecified atom stereocenters. The molecule has 32 heavy (non-hydrogen) atoms. The number of anilines is 1. The Kier molecular flexibility index (Phi) is 6.96. The smallest absolute Gasteiger partial charge is 0.142 e. The maximum Gasteiger partial charge on any atom is 0.142 e. The van der Waals surface area contributed by atoms with Gasteiger partial charge < -0.3 is 14.7 Å². The first kappa shape index (κ1) is 22.2. The molecule has 1 aromatic heterocycles. The van der Waals surface area contributed by atoms with Crippen LogP contribution in [0.5, 0.6) is 5.75 Å². The van der Waals surface area contributed by atoms with E-state index in [9.17, 15) is 10.4 Å². The maximum absolute atomic E-state index is 10.7. The Labute approximate surface area is 196 Å². The lowest BCUT2D eigenvalue weighted by Crippen LogP contribution is -2.47. The lowest BCUT2D eigenvalue weighted by atomic mass is 10.2. The topological polar surface area (TPSA) is 72.6 Å². The number of aliphatic hydroxyl groups excluding tert-OH is 1. The number of methoxy groups -OCH3 is 1. The van der Waals surface area contributed by atoms with Gasteiger partial charge in [-0.25, -0.2) is 4.98 Å². The number of piperazine rings is 1. The van der Waals surface area contributed by atoms with Crippen LogP contribution in [0.2, 0.25) is 5.02 Å². The van der Waals surface area contributed by atoms with Crippen molar-refractivity contribution in [2.24, 2.45) is 0 Å². The van der Waals surface area contributed by atoms with Crippen LogP contribution in [-0.4, -0.2) is 54.8 Å². The number of allylic oxidation sites excluding steroid dienone is 1. The molecule has 2 aromatic carbocycles. The van der Waals surface area contributed by atoms with Gasteiger partial charge in [0.15, 0.2) is 0 Å². The number of benzene rings is 2. The summed E-state index contributed by atoms with van der Waals surface area (Å²) < 4.78 is 5.47. The molecule has 4 rings (SSSR count). The fourth-order valence-electron chi connectivity index (χ4n) is 3.71. The van der Waals surface area contributed by atoms with Gasteiger partial charge in [0.1, 0.15) is 28.2 Å². The van der Waals surface area contributed by atoms with E-state index in [1.54, 1.807) is 19.2 Å². The fourth-order valence-corrected chi connectivity index (χ4v) is 4.68. The highest BCUT2D eigenvalue weighted by molar-refractivity contribution is 7.11. The lowest BCUT2D eigenvalue weighted by molar-refractivity contribution is 0.238. The van der Waals surface area contributed by atoms with Gasteiger partial charge in [-0.3, -0.25) is 4.90 Å². The van der Waals surface area contributed by atoms with Crippen LogP contribution in [-0.2, 0) is 0 Å². The second-order valence-electron chi connectivity index (χ2n) is 7.41. The molecule has 0 spiro atoms. The SMILES string of the molecule is COc1ccccc1N1CCN(C/C(O)=C(\C#N)c2nc(-c3ccc(Cl)cc3)cs2)CC1. The quantitative estimate of drug-likeness (QED) is 0.403. The van der Waals surface area contributed by atoms with Crippen molar-refractivity contribution >= 4 is 34.2 Å². The summed E-state index contributed by atoms with van der Waals surface area (Å²) in [5.41, 5.74) is 2.97. The molecule has 1 saturated heterocycles. The van der Waals surface area contributed by atoms with Crippen LogP contribution in [0.15, 0.2) is 59.7 Å². The molecule has 1 fully saturated rings. The van der Waals surface area contributed by atoms with Crippen LogP contribution in [0.4, 0.5) is 5.69 Å². The lowest BCUT2D eigenvalue weighted by Gasteiger charge is -2.36. The van der Waals surface area contributed by atoms with Crippen molar-refractivity contribution in [3.63, 3.8) is 0 Å². The standard InChI is InChI=1S/C24H23ClN4O2S/c1-31-23-5-3-2-4-21(23)29-12-10-28(11-13-29)15-22(30)19(14-26)24-27-20(16-32-24)17-6-8-18(25)9-7-17/h2-9,16,30H,10-13,15H2,1H3/b22-19-. The maximum atomic E-state index is 10.7. The van der Waals surface area contributed by atoms with Gasteiger partial charge in [0, 0.05) is 42.1 Å². The molecule has 0 aliphatic carbocycles. The number of rotatable bonds is 6. The molecule has 1 aliphatic heterocycles. The first-order valence-corrected chi connectivity index (χ1v) is 11.5.